The van der Waals surface area contributed by atoms with Gasteiger partial charge in [0.2, 0.25) is 0 Å². The normalized spacial score (nSPS) is 16.7. The molecule has 0 aromatic heterocycles. The predicted molar refractivity (Wildman–Crippen MR) is 46.2 cm³/mol. The predicted octanol–water partition coefficient (Wildman–Crippen LogP) is -2.65. The molecule has 0 aromatic rings. The Balaban J connectivity index is 7.38. The zero-order valence-electron chi connectivity index (χ0n) is 7.04. The van der Waals surface area contributed by atoms with E-state index in [1.54, 1.807) is 0 Å². The van der Waals surface area contributed by atoms with Crippen LogP contribution in [0, 0.1) is 0 Å². The molecule has 0 aliphatic rings. The van der Waals surface area contributed by atoms with Gasteiger partial charge in [-0.15, -0.1) is 0 Å². The molecule has 4 N–H and O–H groups in total. The Labute approximate surface area is 94.1 Å². The van der Waals surface area contributed by atoms with Crippen LogP contribution in [0.1, 0.15) is 0 Å². The molecule has 0 unspecified atom stereocenters. The third-order valence-corrected chi connectivity index (χ3v) is 33.2. The minimum atomic E-state index is -7.31. The van der Waals surface area contributed by atoms with Crippen LogP contribution in [0.15, 0.2) is 0 Å². The first-order chi connectivity index (χ1) is 7.00. The summed E-state index contributed by atoms with van der Waals surface area (Å²) in [6, 6.07) is 0. The van der Waals surface area contributed by atoms with Gasteiger partial charge in [-0.05, 0) is 0 Å². The molecule has 0 radical (unpaired) electrons. The Bertz CT molecular complexity index is 577. The Kier molecular flexibility index (Phi) is 4.12. The van der Waals surface area contributed by atoms with Crippen LogP contribution in [0.2, 0.25) is 0 Å². The van der Waals surface area contributed by atoms with E-state index in [0.717, 1.165) is 0 Å². The summed E-state index contributed by atoms with van der Waals surface area (Å²) in [6.07, 6.45) is 0. The quantitative estimate of drug-likeness (QED) is 0.290. The van der Waals surface area contributed by atoms with Gasteiger partial charge in [0.1, 0.15) is 0 Å². The second-order valence-corrected chi connectivity index (χ2v) is 24.7. The van der Waals surface area contributed by atoms with Crippen molar-refractivity contribution in [3.05, 3.63) is 0 Å². The van der Waals surface area contributed by atoms with Gasteiger partial charge in [-0.2, -0.15) is 0 Å². The summed E-state index contributed by atoms with van der Waals surface area (Å²) < 4.78 is 118. The van der Waals surface area contributed by atoms with Gasteiger partial charge in [0.05, 0.1) is 0 Å². The van der Waals surface area contributed by atoms with Gasteiger partial charge < -0.3 is 0 Å². The maximum atomic E-state index is 10.6. The zero-order valence-corrected chi connectivity index (χ0v) is 11.4. The summed E-state index contributed by atoms with van der Waals surface area (Å²) in [7, 11) is -33.7. The molecule has 0 aliphatic heterocycles. The van der Waals surface area contributed by atoms with E-state index in [1.807, 2.05) is 0 Å². The number of hydrogen-bond donors (Lipinski definition) is 4. The van der Waals surface area contributed by atoms with Crippen LogP contribution in [0.3, 0.4) is 0 Å². The molecular formula is H4FeO12S4. The first kappa shape index (κ1) is 17.2. The topological polar surface area (TPSA) is 217 Å². The van der Waals surface area contributed by atoms with Gasteiger partial charge in [0.25, 0.3) is 0 Å². The summed E-state index contributed by atoms with van der Waals surface area (Å²) in [5.41, 5.74) is 0. The van der Waals surface area contributed by atoms with E-state index < -0.39 is 42.5 Å². The van der Waals surface area contributed by atoms with Crippen molar-refractivity contribution >= 4 is 34.1 Å². The van der Waals surface area contributed by atoms with Crippen LogP contribution in [0.25, 0.3) is 0 Å². The third kappa shape index (κ3) is 2.48. The van der Waals surface area contributed by atoms with Crippen molar-refractivity contribution in [1.29, 1.82) is 0 Å². The van der Waals surface area contributed by atoms with Gasteiger partial charge in [-0.3, -0.25) is 0 Å². The Morgan fingerprint density at radius 1 is 0.471 bits per heavy atom. The molecular weight excluding hydrogens is 376 g/mol. The molecule has 17 heteroatoms. The molecule has 0 saturated carbocycles. The van der Waals surface area contributed by atoms with Gasteiger partial charge in [0, 0.05) is 0 Å². The van der Waals surface area contributed by atoms with Gasteiger partial charge >= 0.3 is 94.4 Å². The van der Waals surface area contributed by atoms with Crippen LogP contribution in [0.4, 0.5) is 0 Å². The first-order valence-electron chi connectivity index (χ1n) is 2.64. The summed E-state index contributed by atoms with van der Waals surface area (Å²) in [6.45, 7) is 0. The van der Waals surface area contributed by atoms with Gasteiger partial charge in [0.15, 0.2) is 0 Å². The van der Waals surface area contributed by atoms with E-state index in [4.69, 9.17) is 18.2 Å². The van der Waals surface area contributed by atoms with Crippen molar-refractivity contribution in [3.8, 4) is 0 Å². The van der Waals surface area contributed by atoms with Crippen molar-refractivity contribution in [3.63, 3.8) is 0 Å². The van der Waals surface area contributed by atoms with Crippen LogP contribution in [0.5, 0.6) is 0 Å². The SMILES string of the molecule is O=[S](=O)(O)[Fe]([S](=O)(=O)O)([S](=O)(=O)O)[S](=O)(=O)O. The fourth-order valence-corrected chi connectivity index (χ4v) is 21.0. The zero-order chi connectivity index (χ0) is 14.5. The van der Waals surface area contributed by atoms with Crippen LogP contribution in [-0.4, -0.2) is 51.9 Å². The molecule has 0 rings (SSSR count). The Morgan fingerprint density at radius 2 is 0.588 bits per heavy atom. The van der Waals surface area contributed by atoms with Crippen molar-refractivity contribution in [2.45, 2.75) is 0 Å². The molecule has 12 nitrogen and oxygen atoms in total. The molecule has 0 atom stereocenters. The van der Waals surface area contributed by atoms with E-state index in [9.17, 15) is 33.7 Å². The molecule has 17 heavy (non-hydrogen) atoms. The van der Waals surface area contributed by atoms with E-state index in [2.05, 4.69) is 0 Å². The van der Waals surface area contributed by atoms with E-state index in [0.29, 0.717) is 0 Å². The van der Waals surface area contributed by atoms with Gasteiger partial charge in [-0.1, -0.05) is 0 Å². The van der Waals surface area contributed by atoms with E-state index in [-0.39, 0.29) is 0 Å². The number of hydrogen-bond acceptors (Lipinski definition) is 8. The molecule has 0 spiro atoms. The molecule has 0 heterocycles. The summed E-state index contributed by atoms with van der Waals surface area (Å²) in [5.74, 6) is 0. The van der Waals surface area contributed by atoms with Crippen molar-refractivity contribution in [1.82, 2.24) is 0 Å². The monoisotopic (exact) mass is 380 g/mol. The average Bonchev–Trinajstić information content (AvgIpc) is 1.67. The third-order valence-electron chi connectivity index (χ3n) is 0.894. The Hall–Kier alpha value is 0.159. The van der Waals surface area contributed by atoms with Crippen molar-refractivity contribution in [2.75, 3.05) is 0 Å². The molecule has 0 aromatic carbocycles. The molecule has 0 amide bonds. The second kappa shape index (κ2) is 4.08. The summed E-state index contributed by atoms with van der Waals surface area (Å²) in [4.78, 5) is 0. The molecule has 108 valence electrons. The minimum absolute atomic E-state index is 6.59. The van der Waals surface area contributed by atoms with E-state index in [1.165, 1.54) is 0 Å². The molecule has 0 saturated heterocycles. The molecule has 0 fully saturated rings. The molecule has 0 bridgehead atoms. The first-order valence-corrected chi connectivity index (χ1v) is 13.3. The fraction of sp³-hybridized carbons (Fsp3) is 0. The Morgan fingerprint density at radius 3 is 0.588 bits per heavy atom. The van der Waals surface area contributed by atoms with Crippen LogP contribution in [-0.2, 0) is 42.5 Å². The molecule has 0 aliphatic carbocycles. The average molecular weight is 380 g/mol. The summed E-state index contributed by atoms with van der Waals surface area (Å²) >= 11 is 0. The van der Waals surface area contributed by atoms with E-state index >= 15 is 0 Å². The van der Waals surface area contributed by atoms with Gasteiger partial charge in [-0.25, -0.2) is 0 Å². The van der Waals surface area contributed by atoms with Crippen molar-refractivity contribution in [2.24, 2.45) is 0 Å². The maximum absolute atomic E-state index is 10.6. The second-order valence-electron chi connectivity index (χ2n) is 1.95. The number of rotatable bonds is 4. The fourth-order valence-electron chi connectivity index (χ4n) is 0.565. The standard InChI is InChI=1S/Fe.4HO3S/c;4*1-4(2)3/h;4*(H,1,2,3). The summed E-state index contributed by atoms with van der Waals surface area (Å²) in [5, 5.41) is 0. The van der Waals surface area contributed by atoms with Crippen LogP contribution >= 0.6 is 0 Å². The van der Waals surface area contributed by atoms with Crippen LogP contribution < -0.4 is 0 Å². The van der Waals surface area contributed by atoms with Crippen molar-refractivity contribution < 1.29 is 60.2 Å².